The molecular weight excluding hydrogens is 438 g/mol. The van der Waals surface area contributed by atoms with E-state index < -0.39 is 0 Å². The Labute approximate surface area is 205 Å². The summed E-state index contributed by atoms with van der Waals surface area (Å²) >= 11 is 0. The number of urea groups is 1. The van der Waals surface area contributed by atoms with Gasteiger partial charge in [-0.1, -0.05) is 24.3 Å². The first-order valence-electron chi connectivity index (χ1n) is 12.1. The Morgan fingerprint density at radius 1 is 0.914 bits per heavy atom. The fourth-order valence-corrected chi connectivity index (χ4v) is 5.03. The molecule has 0 radical (unpaired) electrons. The second-order valence-corrected chi connectivity index (χ2v) is 9.46. The molecule has 2 heterocycles. The van der Waals surface area contributed by atoms with Crippen LogP contribution in [-0.4, -0.2) is 41.9 Å². The normalized spacial score (nSPS) is 17.6. The lowest BCUT2D eigenvalue weighted by atomic mass is 9.99. The zero-order valence-electron chi connectivity index (χ0n) is 20.0. The maximum Gasteiger partial charge on any atom is 0.322 e. The van der Waals surface area contributed by atoms with Crippen LogP contribution in [0.3, 0.4) is 0 Å². The minimum absolute atomic E-state index is 0.0805. The van der Waals surface area contributed by atoms with Gasteiger partial charge in [0.2, 0.25) is 0 Å². The SMILES string of the molecule is CN1CCc2ccc(NC(=O)c3cccc([C@H]4CCCN4C(=O)Nc4cccc(N)c4)c3)cc2C1. The number of likely N-dealkylation sites (tertiary alicyclic amines) is 1. The lowest BCUT2D eigenvalue weighted by molar-refractivity contribution is 0.102. The van der Waals surface area contributed by atoms with Crippen molar-refractivity contribution in [2.45, 2.75) is 31.8 Å². The van der Waals surface area contributed by atoms with Gasteiger partial charge in [0.05, 0.1) is 6.04 Å². The highest BCUT2D eigenvalue weighted by Crippen LogP contribution is 2.33. The van der Waals surface area contributed by atoms with Crippen molar-refractivity contribution in [2.24, 2.45) is 0 Å². The molecule has 1 saturated heterocycles. The summed E-state index contributed by atoms with van der Waals surface area (Å²) in [5.74, 6) is -0.148. The van der Waals surface area contributed by atoms with E-state index in [-0.39, 0.29) is 18.0 Å². The van der Waals surface area contributed by atoms with Crippen molar-refractivity contribution in [3.63, 3.8) is 0 Å². The molecule has 3 amide bonds. The minimum atomic E-state index is -0.160. The Morgan fingerprint density at radius 2 is 1.74 bits per heavy atom. The van der Waals surface area contributed by atoms with Crippen LogP contribution in [0.25, 0.3) is 0 Å². The lowest BCUT2D eigenvalue weighted by Gasteiger charge is -2.26. The minimum Gasteiger partial charge on any atom is -0.399 e. The molecule has 0 aromatic heterocycles. The van der Waals surface area contributed by atoms with Gasteiger partial charge in [0.1, 0.15) is 0 Å². The summed E-state index contributed by atoms with van der Waals surface area (Å²) in [7, 11) is 2.11. The van der Waals surface area contributed by atoms with Gasteiger partial charge in [-0.15, -0.1) is 0 Å². The molecule has 35 heavy (non-hydrogen) atoms. The Morgan fingerprint density at radius 3 is 2.60 bits per heavy atom. The molecule has 4 N–H and O–H groups in total. The number of rotatable bonds is 4. The van der Waals surface area contributed by atoms with E-state index in [1.165, 1.54) is 11.1 Å². The van der Waals surface area contributed by atoms with Gasteiger partial charge in [0.15, 0.2) is 0 Å². The lowest BCUT2D eigenvalue weighted by Crippen LogP contribution is -2.34. The van der Waals surface area contributed by atoms with Crippen molar-refractivity contribution in [3.8, 4) is 0 Å². The summed E-state index contributed by atoms with van der Waals surface area (Å²) < 4.78 is 0. The number of hydrogen-bond donors (Lipinski definition) is 3. The van der Waals surface area contributed by atoms with Gasteiger partial charge in [-0.25, -0.2) is 4.79 Å². The molecule has 7 nitrogen and oxygen atoms in total. The maximum absolute atomic E-state index is 13.1. The van der Waals surface area contributed by atoms with Crippen LogP contribution in [0.4, 0.5) is 21.9 Å². The third kappa shape index (κ3) is 5.15. The molecule has 1 fully saturated rings. The van der Waals surface area contributed by atoms with E-state index in [0.717, 1.165) is 43.6 Å². The number of fused-ring (bicyclic) bond motifs is 1. The molecular formula is C28H31N5O2. The number of nitrogens with zero attached hydrogens (tertiary/aromatic N) is 2. The number of carbonyl (C=O) groups is 2. The summed E-state index contributed by atoms with van der Waals surface area (Å²) in [4.78, 5) is 30.2. The van der Waals surface area contributed by atoms with Crippen LogP contribution in [0, 0.1) is 0 Å². The molecule has 0 aliphatic carbocycles. The number of hydrogen-bond acceptors (Lipinski definition) is 4. The molecule has 0 saturated carbocycles. The third-order valence-corrected chi connectivity index (χ3v) is 6.85. The van der Waals surface area contributed by atoms with Crippen molar-refractivity contribution in [1.29, 1.82) is 0 Å². The summed E-state index contributed by atoms with van der Waals surface area (Å²) in [6.45, 7) is 2.61. The number of anilines is 3. The summed E-state index contributed by atoms with van der Waals surface area (Å²) in [5, 5.41) is 6.00. The molecule has 5 rings (SSSR count). The Bertz CT molecular complexity index is 1260. The molecule has 3 aromatic rings. The smallest absolute Gasteiger partial charge is 0.322 e. The van der Waals surface area contributed by atoms with Crippen molar-refractivity contribution in [1.82, 2.24) is 9.80 Å². The zero-order valence-corrected chi connectivity index (χ0v) is 20.0. The van der Waals surface area contributed by atoms with Crippen molar-refractivity contribution < 1.29 is 9.59 Å². The van der Waals surface area contributed by atoms with E-state index in [0.29, 0.717) is 23.5 Å². The van der Waals surface area contributed by atoms with Gasteiger partial charge in [-0.2, -0.15) is 0 Å². The highest BCUT2D eigenvalue weighted by molar-refractivity contribution is 6.04. The number of benzene rings is 3. The Balaban J connectivity index is 1.29. The second kappa shape index (κ2) is 9.80. The largest absolute Gasteiger partial charge is 0.399 e. The Kier molecular flexibility index (Phi) is 6.42. The number of carbonyl (C=O) groups excluding carboxylic acids is 2. The first kappa shape index (κ1) is 22.9. The average molecular weight is 470 g/mol. The van der Waals surface area contributed by atoms with Gasteiger partial charge in [0, 0.05) is 42.3 Å². The van der Waals surface area contributed by atoms with Gasteiger partial charge >= 0.3 is 6.03 Å². The van der Waals surface area contributed by atoms with Crippen LogP contribution in [0.1, 0.15) is 45.9 Å². The number of nitrogens with one attached hydrogen (secondary N) is 2. The quantitative estimate of drug-likeness (QED) is 0.475. The van der Waals surface area contributed by atoms with Crippen LogP contribution >= 0.6 is 0 Å². The van der Waals surface area contributed by atoms with Crippen molar-refractivity contribution in [3.05, 3.63) is 89.0 Å². The van der Waals surface area contributed by atoms with Gasteiger partial charge in [-0.05, 0) is 85.5 Å². The molecule has 2 aliphatic heterocycles. The molecule has 1 atom stereocenters. The molecule has 7 heteroatoms. The monoisotopic (exact) mass is 469 g/mol. The summed E-state index contributed by atoms with van der Waals surface area (Å²) in [6.07, 6.45) is 2.80. The molecule has 0 spiro atoms. The number of likely N-dealkylation sites (N-methyl/N-ethyl adjacent to an activating group) is 1. The van der Waals surface area contributed by atoms with E-state index >= 15 is 0 Å². The molecule has 180 valence electrons. The van der Waals surface area contributed by atoms with Gasteiger partial charge in [-0.3, -0.25) is 4.79 Å². The zero-order chi connectivity index (χ0) is 24.4. The van der Waals surface area contributed by atoms with E-state index in [9.17, 15) is 9.59 Å². The fraction of sp³-hybridized carbons (Fsp3) is 0.286. The van der Waals surface area contributed by atoms with Crippen molar-refractivity contribution >= 4 is 29.0 Å². The van der Waals surface area contributed by atoms with Crippen molar-refractivity contribution in [2.75, 3.05) is 36.5 Å². The second-order valence-electron chi connectivity index (χ2n) is 9.46. The predicted molar refractivity (Wildman–Crippen MR) is 139 cm³/mol. The summed E-state index contributed by atoms with van der Waals surface area (Å²) in [5.41, 5.74) is 12.1. The number of nitrogens with two attached hydrogens (primary N) is 1. The fourth-order valence-electron chi connectivity index (χ4n) is 5.03. The topological polar surface area (TPSA) is 90.7 Å². The average Bonchev–Trinajstić information content (AvgIpc) is 3.34. The first-order valence-corrected chi connectivity index (χ1v) is 12.1. The highest BCUT2D eigenvalue weighted by atomic mass is 16.2. The highest BCUT2D eigenvalue weighted by Gasteiger charge is 2.30. The first-order chi connectivity index (χ1) is 17.0. The predicted octanol–water partition coefficient (Wildman–Crippen LogP) is 4.88. The molecule has 0 unspecified atom stereocenters. The van der Waals surface area contributed by atoms with Crippen LogP contribution in [-0.2, 0) is 13.0 Å². The van der Waals surface area contributed by atoms with Crippen LogP contribution in [0.5, 0.6) is 0 Å². The summed E-state index contributed by atoms with van der Waals surface area (Å²) in [6, 6.07) is 20.7. The van der Waals surface area contributed by atoms with E-state index in [1.807, 2.05) is 47.4 Å². The van der Waals surface area contributed by atoms with E-state index in [1.54, 1.807) is 12.1 Å². The third-order valence-electron chi connectivity index (χ3n) is 6.85. The van der Waals surface area contributed by atoms with Crippen LogP contribution in [0.2, 0.25) is 0 Å². The Hall–Kier alpha value is -3.84. The molecule has 3 aromatic carbocycles. The maximum atomic E-state index is 13.1. The van der Waals surface area contributed by atoms with Gasteiger partial charge < -0.3 is 26.2 Å². The van der Waals surface area contributed by atoms with Crippen LogP contribution < -0.4 is 16.4 Å². The molecule has 0 bridgehead atoms. The number of amides is 3. The van der Waals surface area contributed by atoms with Gasteiger partial charge in [0.25, 0.3) is 5.91 Å². The molecule has 2 aliphatic rings. The number of nitrogen functional groups attached to an aromatic ring is 1. The standard InChI is InChI=1S/C28H31N5O2/c1-32-14-12-19-10-11-25(16-22(19)18-32)30-27(34)21-6-2-5-20(15-21)26-9-4-13-33(26)28(35)31-24-8-3-7-23(29)17-24/h2-3,5-8,10-11,15-17,26H,4,9,12-14,18,29H2,1H3,(H,30,34)(H,31,35)/t26-/m1/s1. The van der Waals surface area contributed by atoms with E-state index in [4.69, 9.17) is 5.73 Å². The van der Waals surface area contributed by atoms with E-state index in [2.05, 4.69) is 34.7 Å². The van der Waals surface area contributed by atoms with Crippen LogP contribution in [0.15, 0.2) is 66.7 Å².